The molecule has 2 rings (SSSR count). The molecule has 106 valence electrons. The fourth-order valence-electron chi connectivity index (χ4n) is 1.78. The van der Waals surface area contributed by atoms with E-state index in [1.807, 2.05) is 6.92 Å². The lowest BCUT2D eigenvalue weighted by Crippen LogP contribution is -2.14. The first kappa shape index (κ1) is 14.5. The van der Waals surface area contributed by atoms with Crippen LogP contribution < -0.4 is 10.5 Å². The minimum atomic E-state index is -3.83. The Morgan fingerprint density at radius 2 is 1.90 bits per heavy atom. The van der Waals surface area contributed by atoms with Gasteiger partial charge in [-0.25, -0.2) is 12.8 Å². The van der Waals surface area contributed by atoms with Gasteiger partial charge < -0.3 is 5.73 Å². The van der Waals surface area contributed by atoms with Crippen LogP contribution in [0.3, 0.4) is 0 Å². The van der Waals surface area contributed by atoms with Gasteiger partial charge in [0.25, 0.3) is 10.0 Å². The summed E-state index contributed by atoms with van der Waals surface area (Å²) in [6, 6.07) is 10.3. The van der Waals surface area contributed by atoms with Gasteiger partial charge in [0.1, 0.15) is 5.82 Å². The maximum absolute atomic E-state index is 13.5. The van der Waals surface area contributed by atoms with Gasteiger partial charge in [0.2, 0.25) is 0 Å². The minimum Gasteiger partial charge on any atom is -0.326 e. The molecule has 0 heterocycles. The second-order valence-electron chi connectivity index (χ2n) is 4.38. The smallest absolute Gasteiger partial charge is 0.261 e. The number of anilines is 1. The largest absolute Gasteiger partial charge is 0.326 e. The highest BCUT2D eigenvalue weighted by Gasteiger charge is 2.16. The molecule has 0 aliphatic carbocycles. The lowest BCUT2D eigenvalue weighted by Gasteiger charge is -2.11. The van der Waals surface area contributed by atoms with Crippen LogP contribution in [0.5, 0.6) is 0 Å². The Bertz CT molecular complexity index is 730. The van der Waals surface area contributed by atoms with E-state index in [1.54, 1.807) is 12.1 Å². The number of hydrogen-bond acceptors (Lipinski definition) is 3. The molecule has 0 unspecified atom stereocenters. The van der Waals surface area contributed by atoms with E-state index < -0.39 is 15.8 Å². The molecule has 0 spiro atoms. The Hall–Kier alpha value is -1.92. The zero-order valence-electron chi connectivity index (χ0n) is 10.9. The normalized spacial score (nSPS) is 11.3. The summed E-state index contributed by atoms with van der Waals surface area (Å²) in [4.78, 5) is 0.0619. The Labute approximate surface area is 117 Å². The van der Waals surface area contributed by atoms with Gasteiger partial charge in [-0.3, -0.25) is 4.72 Å². The second-order valence-corrected chi connectivity index (χ2v) is 6.06. The van der Waals surface area contributed by atoms with E-state index in [1.165, 1.54) is 30.3 Å². The molecular weight excluding hydrogens is 279 g/mol. The highest BCUT2D eigenvalue weighted by atomic mass is 32.2. The third-order valence-corrected chi connectivity index (χ3v) is 4.33. The standard InChI is InChI=1S/C14H15FN2O2S/c1-10-6-7-12(8-11(10)9-16)20(18,19)17-14-5-3-2-4-13(14)15/h2-8,17H,9,16H2,1H3. The van der Waals surface area contributed by atoms with Crippen molar-refractivity contribution in [3.63, 3.8) is 0 Å². The fourth-order valence-corrected chi connectivity index (χ4v) is 2.90. The van der Waals surface area contributed by atoms with Crippen LogP contribution in [0.15, 0.2) is 47.4 Å². The van der Waals surface area contributed by atoms with E-state index in [2.05, 4.69) is 4.72 Å². The predicted octanol–water partition coefficient (Wildman–Crippen LogP) is 2.39. The number of nitrogens with one attached hydrogen (secondary N) is 1. The Morgan fingerprint density at radius 1 is 1.20 bits per heavy atom. The van der Waals surface area contributed by atoms with E-state index >= 15 is 0 Å². The van der Waals surface area contributed by atoms with Gasteiger partial charge in [0.15, 0.2) is 0 Å². The highest BCUT2D eigenvalue weighted by molar-refractivity contribution is 7.92. The molecule has 0 aliphatic heterocycles. The van der Waals surface area contributed by atoms with Gasteiger partial charge in [-0.05, 0) is 42.3 Å². The number of nitrogens with two attached hydrogens (primary N) is 1. The van der Waals surface area contributed by atoms with Gasteiger partial charge in [-0.15, -0.1) is 0 Å². The number of aryl methyl sites for hydroxylation is 1. The summed E-state index contributed by atoms with van der Waals surface area (Å²) in [5, 5.41) is 0. The third kappa shape index (κ3) is 2.97. The molecule has 0 radical (unpaired) electrons. The van der Waals surface area contributed by atoms with Crippen molar-refractivity contribution in [2.45, 2.75) is 18.4 Å². The van der Waals surface area contributed by atoms with E-state index in [0.29, 0.717) is 0 Å². The topological polar surface area (TPSA) is 72.2 Å². The molecule has 0 saturated carbocycles. The summed E-state index contributed by atoms with van der Waals surface area (Å²) in [5.74, 6) is -0.623. The Morgan fingerprint density at radius 3 is 2.55 bits per heavy atom. The lowest BCUT2D eigenvalue weighted by atomic mass is 10.1. The molecule has 0 amide bonds. The fraction of sp³-hybridized carbons (Fsp3) is 0.143. The van der Waals surface area contributed by atoms with Crippen molar-refractivity contribution in [2.24, 2.45) is 5.73 Å². The number of hydrogen-bond donors (Lipinski definition) is 2. The number of rotatable bonds is 4. The van der Waals surface area contributed by atoms with Crippen molar-refractivity contribution in [1.82, 2.24) is 0 Å². The average Bonchev–Trinajstić information content (AvgIpc) is 2.41. The zero-order chi connectivity index (χ0) is 14.8. The van der Waals surface area contributed by atoms with Crippen LogP contribution in [-0.4, -0.2) is 8.42 Å². The SMILES string of the molecule is Cc1ccc(S(=O)(=O)Nc2ccccc2F)cc1CN. The van der Waals surface area contributed by atoms with Crippen molar-refractivity contribution in [1.29, 1.82) is 0 Å². The summed E-state index contributed by atoms with van der Waals surface area (Å²) < 4.78 is 40.2. The van der Waals surface area contributed by atoms with Crippen LogP contribution in [0.25, 0.3) is 0 Å². The maximum atomic E-state index is 13.5. The molecule has 2 aromatic rings. The molecule has 0 saturated heterocycles. The van der Waals surface area contributed by atoms with Gasteiger partial charge in [-0.1, -0.05) is 18.2 Å². The van der Waals surface area contributed by atoms with E-state index in [9.17, 15) is 12.8 Å². The molecule has 0 aromatic heterocycles. The van der Waals surface area contributed by atoms with Crippen molar-refractivity contribution >= 4 is 15.7 Å². The summed E-state index contributed by atoms with van der Waals surface area (Å²) in [6.07, 6.45) is 0. The van der Waals surface area contributed by atoms with Crippen molar-refractivity contribution in [2.75, 3.05) is 4.72 Å². The summed E-state index contributed by atoms with van der Waals surface area (Å²) in [7, 11) is -3.83. The molecule has 2 aromatic carbocycles. The maximum Gasteiger partial charge on any atom is 0.261 e. The molecule has 20 heavy (non-hydrogen) atoms. The molecule has 6 heteroatoms. The molecule has 0 bridgehead atoms. The second kappa shape index (κ2) is 5.60. The van der Waals surface area contributed by atoms with Crippen LogP contribution in [0.4, 0.5) is 10.1 Å². The summed E-state index contributed by atoms with van der Waals surface area (Å²) in [6.45, 7) is 2.10. The quantitative estimate of drug-likeness (QED) is 0.909. The van der Waals surface area contributed by atoms with Crippen molar-refractivity contribution < 1.29 is 12.8 Å². The molecule has 0 fully saturated rings. The third-order valence-electron chi connectivity index (χ3n) is 2.97. The van der Waals surface area contributed by atoms with Crippen LogP contribution in [0.1, 0.15) is 11.1 Å². The number of halogens is 1. The van der Waals surface area contributed by atoms with E-state index in [-0.39, 0.29) is 17.1 Å². The Kier molecular flexibility index (Phi) is 4.06. The number of para-hydroxylation sites is 1. The zero-order valence-corrected chi connectivity index (χ0v) is 11.7. The first-order valence-electron chi connectivity index (χ1n) is 6.01. The van der Waals surface area contributed by atoms with Crippen LogP contribution in [-0.2, 0) is 16.6 Å². The summed E-state index contributed by atoms with van der Waals surface area (Å²) in [5.41, 5.74) is 7.13. The van der Waals surface area contributed by atoms with E-state index in [4.69, 9.17) is 5.73 Å². The molecule has 4 nitrogen and oxygen atoms in total. The molecular formula is C14H15FN2O2S. The first-order valence-corrected chi connectivity index (χ1v) is 7.49. The number of benzene rings is 2. The van der Waals surface area contributed by atoms with E-state index in [0.717, 1.165) is 11.1 Å². The lowest BCUT2D eigenvalue weighted by molar-refractivity contribution is 0.598. The monoisotopic (exact) mass is 294 g/mol. The van der Waals surface area contributed by atoms with Gasteiger partial charge in [-0.2, -0.15) is 0 Å². The van der Waals surface area contributed by atoms with Gasteiger partial charge in [0.05, 0.1) is 10.6 Å². The molecule has 0 atom stereocenters. The molecule has 3 N–H and O–H groups in total. The minimum absolute atomic E-state index is 0.0619. The van der Waals surface area contributed by atoms with Crippen molar-refractivity contribution in [3.8, 4) is 0 Å². The average molecular weight is 294 g/mol. The van der Waals surface area contributed by atoms with Crippen LogP contribution in [0.2, 0.25) is 0 Å². The first-order chi connectivity index (χ1) is 9.44. The summed E-state index contributed by atoms with van der Waals surface area (Å²) >= 11 is 0. The van der Waals surface area contributed by atoms with Crippen LogP contribution >= 0.6 is 0 Å². The van der Waals surface area contributed by atoms with Gasteiger partial charge in [0, 0.05) is 6.54 Å². The molecule has 0 aliphatic rings. The predicted molar refractivity (Wildman–Crippen MR) is 76.3 cm³/mol. The van der Waals surface area contributed by atoms with Crippen molar-refractivity contribution in [3.05, 3.63) is 59.4 Å². The number of sulfonamides is 1. The Balaban J connectivity index is 2.38. The van der Waals surface area contributed by atoms with Gasteiger partial charge >= 0.3 is 0 Å². The highest BCUT2D eigenvalue weighted by Crippen LogP contribution is 2.20. The van der Waals surface area contributed by atoms with Crippen LogP contribution in [0, 0.1) is 12.7 Å².